The largest absolute Gasteiger partial charge is 0.326 e. The Morgan fingerprint density at radius 3 is 2.68 bits per heavy atom. The van der Waals surface area contributed by atoms with Gasteiger partial charge in [-0.3, -0.25) is 4.90 Å². The van der Waals surface area contributed by atoms with Crippen molar-refractivity contribution in [1.82, 2.24) is 0 Å². The van der Waals surface area contributed by atoms with Crippen molar-refractivity contribution in [2.24, 2.45) is 0 Å². The van der Waals surface area contributed by atoms with Gasteiger partial charge in [-0.15, -0.1) is 11.8 Å². The molecule has 2 amide bonds. The molecule has 4 heteroatoms. The number of fused-ring (bicyclic) bond motifs is 1. The first kappa shape index (κ1) is 15.0. The molecule has 3 nitrogen and oxygen atoms in total. The summed E-state index contributed by atoms with van der Waals surface area (Å²) in [6, 6.07) is 16.0. The van der Waals surface area contributed by atoms with E-state index in [1.54, 1.807) is 0 Å². The number of para-hydroxylation sites is 1. The molecule has 0 bridgehead atoms. The van der Waals surface area contributed by atoms with Gasteiger partial charge in [-0.25, -0.2) is 4.79 Å². The van der Waals surface area contributed by atoms with Gasteiger partial charge in [0.05, 0.1) is 5.69 Å². The molecule has 0 radical (unpaired) electrons. The van der Waals surface area contributed by atoms with Crippen molar-refractivity contribution >= 4 is 29.2 Å². The van der Waals surface area contributed by atoms with Gasteiger partial charge in [0, 0.05) is 22.4 Å². The van der Waals surface area contributed by atoms with Crippen molar-refractivity contribution in [3.63, 3.8) is 0 Å². The highest BCUT2D eigenvalue weighted by Crippen LogP contribution is 2.38. The third-order valence-corrected chi connectivity index (χ3v) is 4.93. The average molecular weight is 312 g/mol. The summed E-state index contributed by atoms with van der Waals surface area (Å²) < 4.78 is 0. The fourth-order valence-corrected chi connectivity index (χ4v) is 3.71. The molecular formula is C18H20N2OS. The SMILES string of the molecule is CCc1ccc(NC(=O)N2C[C@H](C)Sc3ccccc32)cc1. The van der Waals surface area contributed by atoms with E-state index in [0.717, 1.165) is 29.2 Å². The molecular weight excluding hydrogens is 292 g/mol. The molecule has 0 fully saturated rings. The van der Waals surface area contributed by atoms with Gasteiger partial charge in [0.15, 0.2) is 0 Å². The quantitative estimate of drug-likeness (QED) is 0.865. The van der Waals surface area contributed by atoms with E-state index in [2.05, 4.69) is 37.4 Å². The molecule has 1 N–H and O–H groups in total. The van der Waals surface area contributed by atoms with Crippen molar-refractivity contribution in [1.29, 1.82) is 0 Å². The molecule has 0 saturated carbocycles. The van der Waals surface area contributed by atoms with Crippen LogP contribution in [-0.4, -0.2) is 17.8 Å². The topological polar surface area (TPSA) is 32.3 Å². The highest BCUT2D eigenvalue weighted by atomic mass is 32.2. The van der Waals surface area contributed by atoms with Crippen molar-refractivity contribution in [2.75, 3.05) is 16.8 Å². The Labute approximate surface area is 135 Å². The molecule has 1 heterocycles. The lowest BCUT2D eigenvalue weighted by atomic mass is 10.1. The zero-order valence-electron chi connectivity index (χ0n) is 12.9. The monoisotopic (exact) mass is 312 g/mol. The van der Waals surface area contributed by atoms with Gasteiger partial charge in [0.2, 0.25) is 0 Å². The second-order valence-electron chi connectivity index (χ2n) is 5.49. The molecule has 1 aliphatic heterocycles. The lowest BCUT2D eigenvalue weighted by Gasteiger charge is -2.32. The number of benzene rings is 2. The standard InChI is InChI=1S/C18H20N2OS/c1-3-14-8-10-15(11-9-14)19-18(21)20-12-13(2)22-17-7-5-4-6-16(17)20/h4-11,13H,3,12H2,1-2H3,(H,19,21)/t13-/m0/s1. The van der Waals surface area contributed by atoms with Crippen molar-refractivity contribution < 1.29 is 4.79 Å². The van der Waals surface area contributed by atoms with E-state index in [9.17, 15) is 4.79 Å². The van der Waals surface area contributed by atoms with Crippen molar-refractivity contribution in [2.45, 2.75) is 30.4 Å². The van der Waals surface area contributed by atoms with Gasteiger partial charge in [-0.05, 0) is 36.2 Å². The molecule has 0 aliphatic carbocycles. The van der Waals surface area contributed by atoms with E-state index in [1.165, 1.54) is 5.56 Å². The summed E-state index contributed by atoms with van der Waals surface area (Å²) in [4.78, 5) is 15.6. The molecule has 114 valence electrons. The lowest BCUT2D eigenvalue weighted by molar-refractivity contribution is 0.256. The van der Waals surface area contributed by atoms with Crippen LogP contribution in [0.2, 0.25) is 0 Å². The Balaban J connectivity index is 1.79. The molecule has 1 aliphatic rings. The van der Waals surface area contributed by atoms with Crippen LogP contribution in [0.15, 0.2) is 53.4 Å². The van der Waals surface area contributed by atoms with E-state index < -0.39 is 0 Å². The van der Waals surface area contributed by atoms with Gasteiger partial charge in [-0.1, -0.05) is 38.1 Å². The Morgan fingerprint density at radius 2 is 1.95 bits per heavy atom. The number of hydrogen-bond donors (Lipinski definition) is 1. The summed E-state index contributed by atoms with van der Waals surface area (Å²) in [5.41, 5.74) is 3.10. The van der Waals surface area contributed by atoms with Crippen LogP contribution < -0.4 is 10.2 Å². The maximum absolute atomic E-state index is 12.6. The molecule has 0 saturated heterocycles. The number of carbonyl (C=O) groups excluding carboxylic acids is 1. The minimum absolute atomic E-state index is 0.0659. The Hall–Kier alpha value is -1.94. The number of aryl methyl sites for hydroxylation is 1. The summed E-state index contributed by atoms with van der Waals surface area (Å²) in [5.74, 6) is 0. The summed E-state index contributed by atoms with van der Waals surface area (Å²) in [6.45, 7) is 4.99. The van der Waals surface area contributed by atoms with Crippen LogP contribution in [0.5, 0.6) is 0 Å². The summed E-state index contributed by atoms with van der Waals surface area (Å²) in [7, 11) is 0. The van der Waals surface area contributed by atoms with E-state index in [0.29, 0.717) is 5.25 Å². The van der Waals surface area contributed by atoms with Crippen LogP contribution in [-0.2, 0) is 6.42 Å². The summed E-state index contributed by atoms with van der Waals surface area (Å²) in [6.07, 6.45) is 1.00. The van der Waals surface area contributed by atoms with Gasteiger partial charge in [-0.2, -0.15) is 0 Å². The summed E-state index contributed by atoms with van der Waals surface area (Å²) in [5, 5.41) is 3.39. The molecule has 3 rings (SSSR count). The first-order valence-electron chi connectivity index (χ1n) is 7.60. The summed E-state index contributed by atoms with van der Waals surface area (Å²) >= 11 is 1.82. The third kappa shape index (κ3) is 3.12. The lowest BCUT2D eigenvalue weighted by Crippen LogP contribution is -2.41. The van der Waals surface area contributed by atoms with E-state index in [1.807, 2.05) is 47.0 Å². The molecule has 0 unspecified atom stereocenters. The maximum Gasteiger partial charge on any atom is 0.326 e. The molecule has 2 aromatic rings. The molecule has 0 aromatic heterocycles. The van der Waals surface area contributed by atoms with Crippen LogP contribution in [0.3, 0.4) is 0 Å². The Kier molecular flexibility index (Phi) is 4.39. The highest BCUT2D eigenvalue weighted by Gasteiger charge is 2.26. The normalized spacial score (nSPS) is 17.0. The number of anilines is 2. The molecule has 1 atom stereocenters. The maximum atomic E-state index is 12.6. The number of amides is 2. The van der Waals surface area contributed by atoms with Crippen LogP contribution in [0.25, 0.3) is 0 Å². The fraction of sp³-hybridized carbons (Fsp3) is 0.278. The zero-order valence-corrected chi connectivity index (χ0v) is 13.7. The predicted molar refractivity (Wildman–Crippen MR) is 93.9 cm³/mol. The number of nitrogens with zero attached hydrogens (tertiary/aromatic N) is 1. The number of nitrogens with one attached hydrogen (secondary N) is 1. The van der Waals surface area contributed by atoms with Gasteiger partial charge < -0.3 is 5.32 Å². The van der Waals surface area contributed by atoms with Gasteiger partial charge >= 0.3 is 6.03 Å². The molecule has 2 aromatic carbocycles. The predicted octanol–water partition coefficient (Wildman–Crippen LogP) is 4.78. The fourth-order valence-electron chi connectivity index (χ4n) is 2.60. The number of urea groups is 1. The Morgan fingerprint density at radius 1 is 1.23 bits per heavy atom. The second kappa shape index (κ2) is 6.44. The van der Waals surface area contributed by atoms with Gasteiger partial charge in [0.25, 0.3) is 0 Å². The van der Waals surface area contributed by atoms with E-state index in [-0.39, 0.29) is 6.03 Å². The smallest absolute Gasteiger partial charge is 0.308 e. The number of hydrogen-bond acceptors (Lipinski definition) is 2. The van der Waals surface area contributed by atoms with Crippen LogP contribution in [0, 0.1) is 0 Å². The first-order chi connectivity index (χ1) is 10.7. The van der Waals surface area contributed by atoms with Crippen molar-refractivity contribution in [3.8, 4) is 0 Å². The molecule has 22 heavy (non-hydrogen) atoms. The number of rotatable bonds is 2. The molecule has 0 spiro atoms. The first-order valence-corrected chi connectivity index (χ1v) is 8.48. The van der Waals surface area contributed by atoms with Crippen molar-refractivity contribution in [3.05, 3.63) is 54.1 Å². The zero-order chi connectivity index (χ0) is 15.5. The highest BCUT2D eigenvalue weighted by molar-refractivity contribution is 8.00. The number of thioether (sulfide) groups is 1. The van der Waals surface area contributed by atoms with Crippen LogP contribution in [0.4, 0.5) is 16.2 Å². The third-order valence-electron chi connectivity index (χ3n) is 3.78. The Bertz CT molecular complexity index is 669. The number of carbonyl (C=O) groups is 1. The van der Waals surface area contributed by atoms with Gasteiger partial charge in [0.1, 0.15) is 0 Å². The average Bonchev–Trinajstić information content (AvgIpc) is 2.54. The van der Waals surface area contributed by atoms with E-state index >= 15 is 0 Å². The van der Waals surface area contributed by atoms with Crippen LogP contribution >= 0.6 is 11.8 Å². The second-order valence-corrected chi connectivity index (χ2v) is 6.97. The minimum atomic E-state index is -0.0659. The van der Waals surface area contributed by atoms with E-state index in [4.69, 9.17) is 0 Å². The van der Waals surface area contributed by atoms with Crippen LogP contribution in [0.1, 0.15) is 19.4 Å². The minimum Gasteiger partial charge on any atom is -0.308 e.